The van der Waals surface area contributed by atoms with Crippen molar-refractivity contribution >= 4 is 0 Å². The van der Waals surface area contributed by atoms with Crippen LogP contribution in [-0.2, 0) is 0 Å². The van der Waals surface area contributed by atoms with Crippen LogP contribution in [0.25, 0.3) is 0 Å². The summed E-state index contributed by atoms with van der Waals surface area (Å²) in [5.74, 6) is 0. The van der Waals surface area contributed by atoms with Gasteiger partial charge in [0.05, 0.1) is 0 Å². The van der Waals surface area contributed by atoms with Crippen LogP contribution >= 0.6 is 0 Å². The highest BCUT2D eigenvalue weighted by molar-refractivity contribution is 4.87. The third kappa shape index (κ3) is 2.31. The maximum Gasteiger partial charge on any atom is 0.00982 e. The molecule has 81 valence electrons. The minimum Gasteiger partial charge on any atom is -0.297 e. The molecule has 2 rings (SSSR count). The molecule has 0 amide bonds. The summed E-state index contributed by atoms with van der Waals surface area (Å²) < 4.78 is 0. The summed E-state index contributed by atoms with van der Waals surface area (Å²) in [5.41, 5.74) is 0. The first-order valence-electron chi connectivity index (χ1n) is 6.47. The highest BCUT2D eigenvalue weighted by Gasteiger charge is 2.31. The van der Waals surface area contributed by atoms with Crippen molar-refractivity contribution in [1.82, 2.24) is 4.90 Å². The van der Waals surface area contributed by atoms with Gasteiger partial charge in [0.15, 0.2) is 0 Å². The second-order valence-electron chi connectivity index (χ2n) is 4.97. The van der Waals surface area contributed by atoms with E-state index in [1.54, 1.807) is 0 Å². The van der Waals surface area contributed by atoms with Crippen LogP contribution in [0, 0.1) is 6.92 Å². The van der Waals surface area contributed by atoms with Crippen LogP contribution < -0.4 is 0 Å². The van der Waals surface area contributed by atoms with Gasteiger partial charge in [-0.1, -0.05) is 32.6 Å². The third-order valence-corrected chi connectivity index (χ3v) is 4.00. The van der Waals surface area contributed by atoms with Crippen LogP contribution in [0.5, 0.6) is 0 Å². The van der Waals surface area contributed by atoms with Crippen LogP contribution in [0.4, 0.5) is 0 Å². The lowest BCUT2D eigenvalue weighted by Crippen LogP contribution is -2.46. The monoisotopic (exact) mass is 194 g/mol. The quantitative estimate of drug-likeness (QED) is 0.648. The molecule has 0 aliphatic heterocycles. The van der Waals surface area contributed by atoms with Crippen molar-refractivity contribution in [3.63, 3.8) is 0 Å². The minimum atomic E-state index is 0.937. The third-order valence-electron chi connectivity index (χ3n) is 4.00. The Hall–Kier alpha value is -0.0400. The van der Waals surface area contributed by atoms with Gasteiger partial charge in [-0.25, -0.2) is 0 Å². The van der Waals surface area contributed by atoms with Gasteiger partial charge in [-0.3, -0.25) is 4.90 Å². The van der Waals surface area contributed by atoms with Crippen LogP contribution in [0.3, 0.4) is 0 Å². The molecule has 1 nitrogen and oxygen atoms in total. The summed E-state index contributed by atoms with van der Waals surface area (Å²) in [6.07, 6.45) is 12.7. The van der Waals surface area contributed by atoms with E-state index in [9.17, 15) is 0 Å². The molecule has 0 bridgehead atoms. The Kier molecular flexibility index (Phi) is 3.86. The largest absolute Gasteiger partial charge is 0.297 e. The average Bonchev–Trinajstić information content (AvgIpc) is 2.61. The summed E-state index contributed by atoms with van der Waals surface area (Å²) in [7, 11) is 0. The van der Waals surface area contributed by atoms with Gasteiger partial charge >= 0.3 is 0 Å². The Morgan fingerprint density at radius 3 is 1.93 bits per heavy atom. The highest BCUT2D eigenvalue weighted by atomic mass is 15.2. The number of rotatable bonds is 5. The molecule has 2 saturated carbocycles. The van der Waals surface area contributed by atoms with Crippen molar-refractivity contribution in [3.05, 3.63) is 6.92 Å². The van der Waals surface area contributed by atoms with Crippen molar-refractivity contribution in [2.45, 2.75) is 69.9 Å². The molecule has 1 radical (unpaired) electrons. The predicted octanol–water partition coefficient (Wildman–Crippen LogP) is 3.40. The van der Waals surface area contributed by atoms with Crippen molar-refractivity contribution < 1.29 is 0 Å². The topological polar surface area (TPSA) is 3.24 Å². The van der Waals surface area contributed by atoms with Gasteiger partial charge in [0, 0.05) is 12.1 Å². The zero-order valence-electron chi connectivity index (χ0n) is 9.38. The SMILES string of the molecule is [CH2]CCCN(C1CCCC1)C1CCC1. The lowest BCUT2D eigenvalue weighted by atomic mass is 9.89. The number of nitrogens with zero attached hydrogens (tertiary/aromatic N) is 1. The van der Waals surface area contributed by atoms with E-state index < -0.39 is 0 Å². The van der Waals surface area contributed by atoms with Gasteiger partial charge in [0.25, 0.3) is 0 Å². The first-order chi connectivity index (χ1) is 6.92. The van der Waals surface area contributed by atoms with E-state index in [1.807, 2.05) is 0 Å². The van der Waals surface area contributed by atoms with Crippen LogP contribution in [0.1, 0.15) is 57.8 Å². The van der Waals surface area contributed by atoms with E-state index in [0.717, 1.165) is 18.5 Å². The molecular weight excluding hydrogens is 170 g/mol. The zero-order chi connectivity index (χ0) is 9.80. The molecule has 0 spiro atoms. The highest BCUT2D eigenvalue weighted by Crippen LogP contribution is 2.32. The Morgan fingerprint density at radius 1 is 0.929 bits per heavy atom. The number of hydrogen-bond acceptors (Lipinski definition) is 1. The van der Waals surface area contributed by atoms with Gasteiger partial charge in [-0.15, -0.1) is 0 Å². The van der Waals surface area contributed by atoms with Crippen LogP contribution in [0.2, 0.25) is 0 Å². The van der Waals surface area contributed by atoms with E-state index in [0.29, 0.717) is 0 Å². The first kappa shape index (κ1) is 10.5. The fourth-order valence-electron chi connectivity index (χ4n) is 2.91. The molecule has 2 fully saturated rings. The average molecular weight is 194 g/mol. The lowest BCUT2D eigenvalue weighted by molar-refractivity contribution is 0.0803. The van der Waals surface area contributed by atoms with Crippen molar-refractivity contribution in [1.29, 1.82) is 0 Å². The molecule has 0 aromatic heterocycles. The maximum absolute atomic E-state index is 3.96. The molecule has 0 aromatic rings. The second kappa shape index (κ2) is 5.16. The van der Waals surface area contributed by atoms with Gasteiger partial charge in [0.1, 0.15) is 0 Å². The zero-order valence-corrected chi connectivity index (χ0v) is 9.38. The summed E-state index contributed by atoms with van der Waals surface area (Å²) in [5, 5.41) is 0. The summed E-state index contributed by atoms with van der Waals surface area (Å²) in [6.45, 7) is 5.28. The smallest absolute Gasteiger partial charge is 0.00982 e. The van der Waals surface area contributed by atoms with Gasteiger partial charge in [-0.05, 0) is 38.6 Å². The maximum atomic E-state index is 3.96. The fraction of sp³-hybridized carbons (Fsp3) is 0.923. The number of unbranched alkanes of at least 4 members (excludes halogenated alkanes) is 1. The molecule has 0 atom stereocenters. The predicted molar refractivity (Wildman–Crippen MR) is 61.2 cm³/mol. The van der Waals surface area contributed by atoms with E-state index >= 15 is 0 Å². The molecule has 14 heavy (non-hydrogen) atoms. The van der Waals surface area contributed by atoms with Crippen molar-refractivity contribution in [3.8, 4) is 0 Å². The Bertz CT molecular complexity index is 157. The van der Waals surface area contributed by atoms with Crippen molar-refractivity contribution in [2.24, 2.45) is 0 Å². The molecular formula is C13H24N. The fourth-order valence-corrected chi connectivity index (χ4v) is 2.91. The molecule has 0 saturated heterocycles. The Balaban J connectivity index is 1.83. The summed E-state index contributed by atoms with van der Waals surface area (Å²) in [4.78, 5) is 2.82. The standard InChI is InChI=1S/C13H24N/c1-2-3-11-14(13-9-6-10-13)12-7-4-5-8-12/h12-13H,1-11H2. The second-order valence-corrected chi connectivity index (χ2v) is 4.97. The molecule has 0 aromatic carbocycles. The molecule has 1 heteroatoms. The van der Waals surface area contributed by atoms with E-state index in [2.05, 4.69) is 11.8 Å². The van der Waals surface area contributed by atoms with Gasteiger partial charge in [-0.2, -0.15) is 0 Å². The Morgan fingerprint density at radius 2 is 1.50 bits per heavy atom. The lowest BCUT2D eigenvalue weighted by Gasteiger charge is -2.41. The van der Waals surface area contributed by atoms with E-state index in [-0.39, 0.29) is 0 Å². The van der Waals surface area contributed by atoms with Gasteiger partial charge < -0.3 is 0 Å². The van der Waals surface area contributed by atoms with E-state index in [4.69, 9.17) is 0 Å². The van der Waals surface area contributed by atoms with Crippen molar-refractivity contribution in [2.75, 3.05) is 6.54 Å². The molecule has 2 aliphatic carbocycles. The molecule has 0 N–H and O–H groups in total. The molecule has 0 heterocycles. The Labute approximate surface area is 88.9 Å². The van der Waals surface area contributed by atoms with Crippen LogP contribution in [0.15, 0.2) is 0 Å². The number of hydrogen-bond donors (Lipinski definition) is 0. The normalized spacial score (nSPS) is 24.4. The molecule has 2 aliphatic rings. The summed E-state index contributed by atoms with van der Waals surface area (Å²) >= 11 is 0. The first-order valence-corrected chi connectivity index (χ1v) is 6.47. The van der Waals surface area contributed by atoms with Crippen LogP contribution in [-0.4, -0.2) is 23.5 Å². The van der Waals surface area contributed by atoms with E-state index in [1.165, 1.54) is 57.9 Å². The van der Waals surface area contributed by atoms with Gasteiger partial charge in [0.2, 0.25) is 0 Å². The molecule has 0 unspecified atom stereocenters. The minimum absolute atomic E-state index is 0.937. The summed E-state index contributed by atoms with van der Waals surface area (Å²) in [6, 6.07) is 1.89.